The predicted octanol–water partition coefficient (Wildman–Crippen LogP) is 1.40. The molecule has 0 amide bonds. The molecule has 1 aromatic rings. The third kappa shape index (κ3) is 2.05. The van der Waals surface area contributed by atoms with Crippen LogP contribution in [0.4, 0.5) is 0 Å². The molecule has 0 saturated heterocycles. The summed E-state index contributed by atoms with van der Waals surface area (Å²) >= 11 is 0. The third-order valence-corrected chi connectivity index (χ3v) is 1.59. The number of aryl methyl sites for hydroxylation is 1. The Hall–Kier alpha value is -0.830. The topological polar surface area (TPSA) is 27.1 Å². The van der Waals surface area contributed by atoms with Gasteiger partial charge in [0, 0.05) is 13.3 Å². The molecule has 3 nitrogen and oxygen atoms in total. The van der Waals surface area contributed by atoms with Crippen molar-refractivity contribution >= 4 is 0 Å². The van der Waals surface area contributed by atoms with Crippen LogP contribution in [0.3, 0.4) is 0 Å². The smallest absolute Gasteiger partial charge is 0.0724 e. The second-order valence-corrected chi connectivity index (χ2v) is 2.80. The lowest BCUT2D eigenvalue weighted by Gasteiger charge is -2.09. The second-order valence-electron chi connectivity index (χ2n) is 2.80. The molecule has 1 rings (SSSR count). The van der Waals surface area contributed by atoms with Crippen LogP contribution in [0.2, 0.25) is 0 Å². The van der Waals surface area contributed by atoms with Gasteiger partial charge < -0.3 is 4.74 Å². The molecule has 0 radical (unpaired) electrons. The molecule has 0 aliphatic rings. The zero-order chi connectivity index (χ0) is 8.27. The maximum absolute atomic E-state index is 5.01. The monoisotopic (exact) mass is 154 g/mol. The fraction of sp³-hybridized carbons (Fsp3) is 0.625. The van der Waals surface area contributed by atoms with Crippen molar-refractivity contribution in [3.8, 4) is 0 Å². The van der Waals surface area contributed by atoms with E-state index in [1.54, 1.807) is 7.11 Å². The van der Waals surface area contributed by atoms with Crippen molar-refractivity contribution in [1.82, 2.24) is 9.78 Å². The number of aromatic nitrogens is 2. The highest BCUT2D eigenvalue weighted by Gasteiger charge is 2.03. The quantitative estimate of drug-likeness (QED) is 0.658. The molecule has 0 spiro atoms. The first-order valence-electron chi connectivity index (χ1n) is 3.73. The number of rotatable bonds is 3. The fourth-order valence-electron chi connectivity index (χ4n) is 0.992. The van der Waals surface area contributed by atoms with Gasteiger partial charge in [0.15, 0.2) is 0 Å². The molecular formula is C8H14N2O. The summed E-state index contributed by atoms with van der Waals surface area (Å²) in [7, 11) is 1.70. The van der Waals surface area contributed by atoms with E-state index in [1.165, 1.54) is 5.56 Å². The Morgan fingerprint density at radius 3 is 2.91 bits per heavy atom. The summed E-state index contributed by atoms with van der Waals surface area (Å²) in [5.74, 6) is 0. The molecule has 1 atom stereocenters. The molecule has 11 heavy (non-hydrogen) atoms. The Balaban J connectivity index is 2.60. The van der Waals surface area contributed by atoms with Gasteiger partial charge in [0.25, 0.3) is 0 Å². The largest absolute Gasteiger partial charge is 0.382 e. The SMILES string of the molecule is COC[C@@H](C)n1cc(C)cn1. The Labute approximate surface area is 67.0 Å². The minimum atomic E-state index is 0.327. The van der Waals surface area contributed by atoms with Gasteiger partial charge in [-0.05, 0) is 19.4 Å². The van der Waals surface area contributed by atoms with E-state index in [9.17, 15) is 0 Å². The molecule has 0 unspecified atom stereocenters. The van der Waals surface area contributed by atoms with Crippen LogP contribution in [0.15, 0.2) is 12.4 Å². The minimum Gasteiger partial charge on any atom is -0.382 e. The molecule has 0 saturated carbocycles. The van der Waals surface area contributed by atoms with E-state index >= 15 is 0 Å². The number of nitrogens with zero attached hydrogens (tertiary/aromatic N) is 2. The third-order valence-electron chi connectivity index (χ3n) is 1.59. The first kappa shape index (κ1) is 8.27. The van der Waals surface area contributed by atoms with Gasteiger partial charge in [-0.3, -0.25) is 4.68 Å². The Morgan fingerprint density at radius 1 is 1.73 bits per heavy atom. The van der Waals surface area contributed by atoms with Gasteiger partial charge in [-0.1, -0.05) is 0 Å². The van der Waals surface area contributed by atoms with Crippen molar-refractivity contribution in [2.45, 2.75) is 19.9 Å². The number of ether oxygens (including phenoxy) is 1. The van der Waals surface area contributed by atoms with E-state index in [2.05, 4.69) is 12.0 Å². The zero-order valence-electron chi connectivity index (χ0n) is 7.24. The summed E-state index contributed by atoms with van der Waals surface area (Å²) < 4.78 is 6.92. The fourth-order valence-corrected chi connectivity index (χ4v) is 0.992. The Bertz CT molecular complexity index is 220. The van der Waals surface area contributed by atoms with Crippen molar-refractivity contribution in [3.63, 3.8) is 0 Å². The van der Waals surface area contributed by atoms with E-state index in [4.69, 9.17) is 4.74 Å². The molecular weight excluding hydrogens is 140 g/mol. The average Bonchev–Trinajstić information content (AvgIpc) is 2.36. The Morgan fingerprint density at radius 2 is 2.45 bits per heavy atom. The lowest BCUT2D eigenvalue weighted by Crippen LogP contribution is -2.11. The van der Waals surface area contributed by atoms with E-state index in [0.29, 0.717) is 12.6 Å². The van der Waals surface area contributed by atoms with Crippen LogP contribution in [0.5, 0.6) is 0 Å². The zero-order valence-corrected chi connectivity index (χ0v) is 7.24. The number of hydrogen-bond acceptors (Lipinski definition) is 2. The number of hydrogen-bond donors (Lipinski definition) is 0. The van der Waals surface area contributed by atoms with Gasteiger partial charge in [0.05, 0.1) is 18.8 Å². The first-order valence-corrected chi connectivity index (χ1v) is 3.73. The number of methoxy groups -OCH3 is 1. The van der Waals surface area contributed by atoms with Crippen molar-refractivity contribution in [2.75, 3.05) is 13.7 Å². The highest BCUT2D eigenvalue weighted by molar-refractivity contribution is 5.00. The summed E-state index contributed by atoms with van der Waals surface area (Å²) in [6.45, 7) is 4.82. The van der Waals surface area contributed by atoms with Gasteiger partial charge in [0.2, 0.25) is 0 Å². The normalized spacial score (nSPS) is 13.4. The van der Waals surface area contributed by atoms with Gasteiger partial charge >= 0.3 is 0 Å². The summed E-state index contributed by atoms with van der Waals surface area (Å²) in [5.41, 5.74) is 1.19. The first-order chi connectivity index (χ1) is 5.24. The van der Waals surface area contributed by atoms with E-state index in [1.807, 2.05) is 24.0 Å². The van der Waals surface area contributed by atoms with Crippen LogP contribution in [0, 0.1) is 6.92 Å². The maximum Gasteiger partial charge on any atom is 0.0724 e. The Kier molecular flexibility index (Phi) is 2.65. The molecule has 0 aliphatic heterocycles. The molecule has 1 aromatic heterocycles. The van der Waals surface area contributed by atoms with E-state index in [-0.39, 0.29) is 0 Å². The van der Waals surface area contributed by atoms with Crippen molar-refractivity contribution in [3.05, 3.63) is 18.0 Å². The second kappa shape index (κ2) is 3.53. The van der Waals surface area contributed by atoms with Gasteiger partial charge in [0.1, 0.15) is 0 Å². The average molecular weight is 154 g/mol. The molecule has 62 valence electrons. The maximum atomic E-state index is 5.01. The van der Waals surface area contributed by atoms with Crippen molar-refractivity contribution < 1.29 is 4.74 Å². The lowest BCUT2D eigenvalue weighted by atomic mass is 10.3. The molecule has 0 N–H and O–H groups in total. The summed E-state index contributed by atoms with van der Waals surface area (Å²) in [5, 5.41) is 4.17. The minimum absolute atomic E-state index is 0.327. The molecule has 1 heterocycles. The highest BCUT2D eigenvalue weighted by Crippen LogP contribution is 2.05. The van der Waals surface area contributed by atoms with Crippen LogP contribution in [-0.4, -0.2) is 23.5 Å². The van der Waals surface area contributed by atoms with Crippen LogP contribution in [0.1, 0.15) is 18.5 Å². The molecule has 0 aromatic carbocycles. The highest BCUT2D eigenvalue weighted by atomic mass is 16.5. The molecule has 0 bridgehead atoms. The van der Waals surface area contributed by atoms with Gasteiger partial charge in [-0.15, -0.1) is 0 Å². The van der Waals surface area contributed by atoms with Crippen molar-refractivity contribution in [1.29, 1.82) is 0 Å². The molecule has 3 heteroatoms. The van der Waals surface area contributed by atoms with Gasteiger partial charge in [-0.25, -0.2) is 0 Å². The summed E-state index contributed by atoms with van der Waals surface area (Å²) in [6, 6.07) is 0.327. The van der Waals surface area contributed by atoms with Crippen LogP contribution >= 0.6 is 0 Å². The van der Waals surface area contributed by atoms with Gasteiger partial charge in [-0.2, -0.15) is 5.10 Å². The van der Waals surface area contributed by atoms with Crippen molar-refractivity contribution in [2.24, 2.45) is 0 Å². The standard InChI is InChI=1S/C8H14N2O/c1-7-4-9-10(5-7)8(2)6-11-3/h4-5,8H,6H2,1-3H3/t8-/m1/s1. The summed E-state index contributed by atoms with van der Waals surface area (Å²) in [6.07, 6.45) is 3.87. The van der Waals surface area contributed by atoms with Crippen LogP contribution < -0.4 is 0 Å². The van der Waals surface area contributed by atoms with E-state index < -0.39 is 0 Å². The summed E-state index contributed by atoms with van der Waals surface area (Å²) in [4.78, 5) is 0. The van der Waals surface area contributed by atoms with Crippen LogP contribution in [-0.2, 0) is 4.74 Å². The van der Waals surface area contributed by atoms with Crippen LogP contribution in [0.25, 0.3) is 0 Å². The molecule has 0 aliphatic carbocycles. The van der Waals surface area contributed by atoms with E-state index in [0.717, 1.165) is 0 Å². The predicted molar refractivity (Wildman–Crippen MR) is 43.6 cm³/mol. The molecule has 0 fully saturated rings. The lowest BCUT2D eigenvalue weighted by molar-refractivity contribution is 0.157.